The van der Waals surface area contributed by atoms with Gasteiger partial charge in [0.1, 0.15) is 13.2 Å². The average molecular weight is 873 g/mol. The Morgan fingerprint density at radius 2 is 0.635 bits per heavy atom. The predicted octanol–water partition coefficient (Wildman–Crippen LogP) is 16.8. The van der Waals surface area contributed by atoms with Crippen molar-refractivity contribution in [2.75, 3.05) is 13.2 Å². The monoisotopic (exact) mass is 873 g/mol. The summed E-state index contributed by atoms with van der Waals surface area (Å²) in [6.07, 6.45) is 68.3. The molecule has 0 aromatic carbocycles. The van der Waals surface area contributed by atoms with Gasteiger partial charge in [0.15, 0.2) is 6.10 Å². The van der Waals surface area contributed by atoms with Crippen LogP contribution in [0.5, 0.6) is 0 Å². The first-order chi connectivity index (χ1) is 31.0. The van der Waals surface area contributed by atoms with Gasteiger partial charge in [-0.25, -0.2) is 0 Å². The Kier molecular flexibility index (Phi) is 47.5. The zero-order chi connectivity index (χ0) is 45.8. The van der Waals surface area contributed by atoms with Crippen molar-refractivity contribution in [3.63, 3.8) is 0 Å². The van der Waals surface area contributed by atoms with Gasteiger partial charge in [-0.15, -0.1) is 0 Å². The molecule has 0 radical (unpaired) electrons. The standard InChI is InChI=1S/C57H92O6/c1-4-7-10-13-15-17-19-21-23-25-26-27-28-29-30-32-33-35-37-39-41-44-47-50-56(59)62-53-54(52-61-55(58)49-46-43-12-9-6-3)63-57(60)51-48-45-42-40-38-36-34-31-24-22-20-18-16-14-11-8-5-2/h7,10,15-18,21-24,26-27,29-30,33,35,39,41,54H,4-6,8-9,11-14,19-20,25,28,31-32,34,36-38,40,42-53H2,1-3H3/b10-7-,17-15-,18-16-,23-21-,24-22-,27-26-,30-29-,35-33-,41-39-. The first kappa shape index (κ1) is 59.1. The maximum atomic E-state index is 12.7. The Morgan fingerprint density at radius 3 is 1.06 bits per heavy atom. The number of ether oxygens (including phenoxy) is 3. The van der Waals surface area contributed by atoms with Crippen LogP contribution in [0.4, 0.5) is 0 Å². The second-order valence-electron chi connectivity index (χ2n) is 16.3. The Morgan fingerprint density at radius 1 is 0.333 bits per heavy atom. The molecular formula is C57H92O6. The van der Waals surface area contributed by atoms with Crippen LogP contribution >= 0.6 is 0 Å². The molecule has 0 spiro atoms. The van der Waals surface area contributed by atoms with Crippen LogP contribution in [0, 0.1) is 0 Å². The Bertz CT molecular complexity index is 1330. The number of esters is 3. The SMILES string of the molecule is CC/C=C\C/C=C\C/C=C\C/C=C\C/C=C\C/C=C\C/C=C\CCCC(=O)OCC(COC(=O)CCCCCCC)OC(=O)CCCCCCCCC/C=C\C/C=C\CCCCC. The highest BCUT2D eigenvalue weighted by molar-refractivity contribution is 5.71. The zero-order valence-electron chi connectivity index (χ0n) is 40.5. The summed E-state index contributed by atoms with van der Waals surface area (Å²) >= 11 is 0. The Balaban J connectivity index is 4.31. The lowest BCUT2D eigenvalue weighted by molar-refractivity contribution is -0.167. The summed E-state index contributed by atoms with van der Waals surface area (Å²) in [7, 11) is 0. The van der Waals surface area contributed by atoms with Crippen molar-refractivity contribution in [2.45, 2.75) is 219 Å². The lowest BCUT2D eigenvalue weighted by atomic mass is 10.1. The second kappa shape index (κ2) is 50.7. The second-order valence-corrected chi connectivity index (χ2v) is 16.3. The van der Waals surface area contributed by atoms with Gasteiger partial charge in [-0.2, -0.15) is 0 Å². The molecule has 1 atom stereocenters. The minimum Gasteiger partial charge on any atom is -0.462 e. The van der Waals surface area contributed by atoms with Crippen molar-refractivity contribution >= 4 is 17.9 Å². The summed E-state index contributed by atoms with van der Waals surface area (Å²) in [5.74, 6) is -0.993. The topological polar surface area (TPSA) is 78.9 Å². The fourth-order valence-electron chi connectivity index (χ4n) is 6.46. The highest BCUT2D eigenvalue weighted by atomic mass is 16.6. The minimum absolute atomic E-state index is 0.102. The summed E-state index contributed by atoms with van der Waals surface area (Å²) in [5, 5.41) is 0. The number of carbonyl (C=O) groups excluding carboxylic acids is 3. The molecule has 0 bridgehead atoms. The summed E-state index contributed by atoms with van der Waals surface area (Å²) in [6, 6.07) is 0. The quantitative estimate of drug-likeness (QED) is 0.0263. The van der Waals surface area contributed by atoms with Gasteiger partial charge >= 0.3 is 17.9 Å². The molecule has 1 unspecified atom stereocenters. The minimum atomic E-state index is -0.803. The van der Waals surface area contributed by atoms with E-state index in [1.165, 1.54) is 51.4 Å². The first-order valence-corrected chi connectivity index (χ1v) is 25.4. The molecule has 356 valence electrons. The smallest absolute Gasteiger partial charge is 0.306 e. The third-order valence-electron chi connectivity index (χ3n) is 10.3. The molecule has 0 heterocycles. The van der Waals surface area contributed by atoms with E-state index in [1.54, 1.807) is 0 Å². The molecule has 0 rings (SSSR count). The maximum absolute atomic E-state index is 12.7. The lowest BCUT2D eigenvalue weighted by Gasteiger charge is -2.18. The third-order valence-corrected chi connectivity index (χ3v) is 10.3. The largest absolute Gasteiger partial charge is 0.462 e. The Labute approximate surface area is 387 Å². The van der Waals surface area contributed by atoms with E-state index >= 15 is 0 Å². The van der Waals surface area contributed by atoms with Gasteiger partial charge in [0.25, 0.3) is 0 Å². The van der Waals surface area contributed by atoms with E-state index < -0.39 is 6.10 Å². The number of allylic oxidation sites excluding steroid dienone is 18. The van der Waals surface area contributed by atoms with Crippen molar-refractivity contribution in [2.24, 2.45) is 0 Å². The van der Waals surface area contributed by atoms with Crippen molar-refractivity contribution in [3.05, 3.63) is 109 Å². The van der Waals surface area contributed by atoms with Crippen LogP contribution in [-0.4, -0.2) is 37.2 Å². The number of rotatable bonds is 44. The molecule has 0 saturated heterocycles. The van der Waals surface area contributed by atoms with Crippen LogP contribution < -0.4 is 0 Å². The summed E-state index contributed by atoms with van der Waals surface area (Å²) in [6.45, 7) is 6.34. The normalized spacial score (nSPS) is 13.0. The zero-order valence-corrected chi connectivity index (χ0v) is 40.5. The number of carbonyl (C=O) groups is 3. The molecule has 0 fully saturated rings. The van der Waals surface area contributed by atoms with Crippen molar-refractivity contribution in [1.29, 1.82) is 0 Å². The first-order valence-electron chi connectivity index (χ1n) is 25.4. The van der Waals surface area contributed by atoms with Crippen molar-refractivity contribution in [1.82, 2.24) is 0 Å². The summed E-state index contributed by atoms with van der Waals surface area (Å²) in [4.78, 5) is 37.6. The molecule has 0 aliphatic heterocycles. The van der Waals surface area contributed by atoms with E-state index in [4.69, 9.17) is 14.2 Å². The molecule has 63 heavy (non-hydrogen) atoms. The van der Waals surface area contributed by atoms with E-state index in [0.717, 1.165) is 116 Å². The van der Waals surface area contributed by atoms with E-state index in [9.17, 15) is 14.4 Å². The van der Waals surface area contributed by atoms with E-state index in [0.29, 0.717) is 19.3 Å². The number of unbranched alkanes of at least 4 members (excludes halogenated alkanes) is 15. The van der Waals surface area contributed by atoms with Crippen molar-refractivity contribution < 1.29 is 28.6 Å². The van der Waals surface area contributed by atoms with Crippen LogP contribution in [0.15, 0.2) is 109 Å². The van der Waals surface area contributed by atoms with Crippen LogP contribution in [0.3, 0.4) is 0 Å². The van der Waals surface area contributed by atoms with Gasteiger partial charge in [0.05, 0.1) is 0 Å². The molecule has 0 aromatic rings. The molecule has 0 aromatic heterocycles. The van der Waals surface area contributed by atoms with Gasteiger partial charge in [-0.1, -0.05) is 201 Å². The fourth-order valence-corrected chi connectivity index (χ4v) is 6.46. The molecule has 0 aliphatic carbocycles. The maximum Gasteiger partial charge on any atom is 0.306 e. The predicted molar refractivity (Wildman–Crippen MR) is 270 cm³/mol. The third kappa shape index (κ3) is 49.0. The molecule has 0 amide bonds. The van der Waals surface area contributed by atoms with Gasteiger partial charge in [0.2, 0.25) is 0 Å². The van der Waals surface area contributed by atoms with Gasteiger partial charge in [-0.3, -0.25) is 14.4 Å². The highest BCUT2D eigenvalue weighted by Gasteiger charge is 2.19. The van der Waals surface area contributed by atoms with E-state index in [-0.39, 0.29) is 37.5 Å². The summed E-state index contributed by atoms with van der Waals surface area (Å²) < 4.78 is 16.6. The molecule has 6 nitrogen and oxygen atoms in total. The van der Waals surface area contributed by atoms with Crippen LogP contribution in [0.25, 0.3) is 0 Å². The van der Waals surface area contributed by atoms with Crippen LogP contribution in [0.2, 0.25) is 0 Å². The summed E-state index contributed by atoms with van der Waals surface area (Å²) in [5.41, 5.74) is 0. The molecular weight excluding hydrogens is 781 g/mol. The van der Waals surface area contributed by atoms with Crippen molar-refractivity contribution in [3.8, 4) is 0 Å². The highest BCUT2D eigenvalue weighted by Crippen LogP contribution is 2.13. The molecule has 6 heteroatoms. The molecule has 0 saturated carbocycles. The number of hydrogen-bond acceptors (Lipinski definition) is 6. The lowest BCUT2D eigenvalue weighted by Crippen LogP contribution is -2.30. The molecule has 0 N–H and O–H groups in total. The Hall–Kier alpha value is -3.93. The van der Waals surface area contributed by atoms with E-state index in [2.05, 4.69) is 130 Å². The van der Waals surface area contributed by atoms with Crippen LogP contribution in [-0.2, 0) is 28.6 Å². The number of hydrogen-bond donors (Lipinski definition) is 0. The van der Waals surface area contributed by atoms with Crippen LogP contribution in [0.1, 0.15) is 213 Å². The van der Waals surface area contributed by atoms with Gasteiger partial charge in [0, 0.05) is 19.3 Å². The van der Waals surface area contributed by atoms with Gasteiger partial charge in [-0.05, 0) is 103 Å². The van der Waals surface area contributed by atoms with Gasteiger partial charge < -0.3 is 14.2 Å². The van der Waals surface area contributed by atoms with E-state index in [1.807, 2.05) is 0 Å². The average Bonchev–Trinajstić information content (AvgIpc) is 3.28. The fraction of sp³-hybridized carbons (Fsp3) is 0.632. The molecule has 0 aliphatic rings.